The number of hydrogen-bond donors (Lipinski definition) is 0. The molecule has 0 amide bonds. The van der Waals surface area contributed by atoms with Crippen LogP contribution in [0.25, 0.3) is 39.2 Å². The number of fused-ring (bicyclic) bond motifs is 3. The van der Waals surface area contributed by atoms with E-state index in [0.29, 0.717) is 16.5 Å². The molecule has 0 unspecified atom stereocenters. The lowest BCUT2D eigenvalue weighted by atomic mass is 10.1. The van der Waals surface area contributed by atoms with Crippen LogP contribution < -0.4 is 0 Å². The number of benzene rings is 2. The Morgan fingerprint density at radius 1 is 0.815 bits per heavy atom. The van der Waals surface area contributed by atoms with E-state index in [-0.39, 0.29) is 5.82 Å². The van der Waals surface area contributed by atoms with Gasteiger partial charge in [0.05, 0.1) is 0 Å². The summed E-state index contributed by atoms with van der Waals surface area (Å²) in [6.07, 6.45) is 1.73. The van der Waals surface area contributed by atoms with Gasteiger partial charge in [0.2, 0.25) is 0 Å². The van der Waals surface area contributed by atoms with Gasteiger partial charge >= 0.3 is 0 Å². The molecule has 0 spiro atoms. The first kappa shape index (κ1) is 15.9. The van der Waals surface area contributed by atoms with Crippen molar-refractivity contribution in [3.63, 3.8) is 0 Å². The molecule has 0 aliphatic carbocycles. The molecule has 0 atom stereocenters. The maximum absolute atomic E-state index is 13.8. The molecule has 2 aromatic carbocycles. The van der Waals surface area contributed by atoms with Gasteiger partial charge in [0.1, 0.15) is 11.5 Å². The van der Waals surface area contributed by atoms with E-state index in [1.165, 1.54) is 12.1 Å². The van der Waals surface area contributed by atoms with Gasteiger partial charge in [-0.25, -0.2) is 9.37 Å². The highest BCUT2D eigenvalue weighted by atomic mass is 35.5. The van der Waals surface area contributed by atoms with Crippen LogP contribution >= 0.6 is 11.6 Å². The van der Waals surface area contributed by atoms with Crippen LogP contribution in [0.1, 0.15) is 0 Å². The number of nitrogens with zero attached hydrogens (tertiary/aromatic N) is 4. The summed E-state index contributed by atoms with van der Waals surface area (Å²) in [5, 5.41) is 10.3. The smallest absolute Gasteiger partial charge is 0.170 e. The number of halogens is 2. The van der Waals surface area contributed by atoms with Crippen molar-refractivity contribution in [3.8, 4) is 22.5 Å². The fourth-order valence-electron chi connectivity index (χ4n) is 3.24. The normalized spacial score (nSPS) is 11.3. The highest BCUT2D eigenvalue weighted by molar-refractivity contribution is 6.30. The second-order valence-electron chi connectivity index (χ2n) is 6.17. The Bertz CT molecular complexity index is 1300. The van der Waals surface area contributed by atoms with Crippen LogP contribution in [0.4, 0.5) is 4.39 Å². The van der Waals surface area contributed by atoms with Gasteiger partial charge in [-0.05, 0) is 60.2 Å². The van der Waals surface area contributed by atoms with Crippen LogP contribution in [0.15, 0.2) is 72.9 Å². The number of aromatic nitrogens is 4. The lowest BCUT2D eigenvalue weighted by molar-refractivity contribution is 0.628. The molecule has 0 aliphatic rings. The highest BCUT2D eigenvalue weighted by Gasteiger charge is 2.17. The zero-order chi connectivity index (χ0) is 18.4. The minimum absolute atomic E-state index is 0.297. The van der Waals surface area contributed by atoms with Crippen molar-refractivity contribution in [1.29, 1.82) is 0 Å². The third-order valence-electron chi connectivity index (χ3n) is 4.47. The quantitative estimate of drug-likeness (QED) is 0.415. The molecule has 3 aromatic heterocycles. The highest BCUT2D eigenvalue weighted by Crippen LogP contribution is 2.31. The molecule has 130 valence electrons. The summed E-state index contributed by atoms with van der Waals surface area (Å²) in [6.45, 7) is 0. The zero-order valence-corrected chi connectivity index (χ0v) is 14.7. The summed E-state index contributed by atoms with van der Waals surface area (Å²) in [5.41, 5.74) is 3.76. The summed E-state index contributed by atoms with van der Waals surface area (Å²) >= 11 is 6.02. The molecule has 0 saturated carbocycles. The fourth-order valence-corrected chi connectivity index (χ4v) is 3.37. The Hall–Kier alpha value is -3.31. The van der Waals surface area contributed by atoms with E-state index in [1.54, 1.807) is 12.3 Å². The molecule has 5 aromatic rings. The molecule has 0 fully saturated rings. The third-order valence-corrected chi connectivity index (χ3v) is 4.72. The Morgan fingerprint density at radius 3 is 2.48 bits per heavy atom. The van der Waals surface area contributed by atoms with E-state index in [1.807, 2.05) is 52.9 Å². The van der Waals surface area contributed by atoms with E-state index in [9.17, 15) is 4.39 Å². The van der Waals surface area contributed by atoms with Gasteiger partial charge in [0.15, 0.2) is 11.5 Å². The molecule has 6 heteroatoms. The fraction of sp³-hybridized carbons (Fsp3) is 0. The van der Waals surface area contributed by atoms with Crippen molar-refractivity contribution in [3.05, 3.63) is 83.8 Å². The monoisotopic (exact) mass is 374 g/mol. The summed E-state index contributed by atoms with van der Waals surface area (Å²) < 4.78 is 15.7. The standard InChI is InChI=1S/C21H12ClFN4/c22-16-8-6-13(7-9-16)20-25-26-21-18(14-3-1-5-17(23)11-14)12-15-4-2-10-24-19(15)27(20)21/h1-12H. The second kappa shape index (κ2) is 6.14. The first-order valence-corrected chi connectivity index (χ1v) is 8.73. The number of hydrogen-bond acceptors (Lipinski definition) is 3. The summed E-state index contributed by atoms with van der Waals surface area (Å²) in [6, 6.07) is 19.7. The molecule has 0 bridgehead atoms. The van der Waals surface area contributed by atoms with Gasteiger partial charge in [-0.2, -0.15) is 0 Å². The van der Waals surface area contributed by atoms with Crippen molar-refractivity contribution in [2.75, 3.05) is 0 Å². The predicted octanol–water partition coefficient (Wildman–Crippen LogP) is 5.40. The van der Waals surface area contributed by atoms with E-state index in [2.05, 4.69) is 15.2 Å². The average molecular weight is 375 g/mol. The molecule has 0 aliphatic heterocycles. The molecule has 0 N–H and O–H groups in total. The van der Waals surface area contributed by atoms with Gasteiger partial charge in [-0.1, -0.05) is 23.7 Å². The van der Waals surface area contributed by atoms with Crippen molar-refractivity contribution < 1.29 is 4.39 Å². The largest absolute Gasteiger partial charge is 0.258 e. The maximum Gasteiger partial charge on any atom is 0.170 e. The average Bonchev–Trinajstić information content (AvgIpc) is 3.13. The molecular formula is C21H12ClFN4. The lowest BCUT2D eigenvalue weighted by Crippen LogP contribution is -1.97. The summed E-state index contributed by atoms with van der Waals surface area (Å²) in [7, 11) is 0. The van der Waals surface area contributed by atoms with Crippen LogP contribution in [-0.2, 0) is 0 Å². The molecule has 3 heterocycles. The predicted molar refractivity (Wildman–Crippen MR) is 104 cm³/mol. The third kappa shape index (κ3) is 2.64. The van der Waals surface area contributed by atoms with Crippen LogP contribution in [0.3, 0.4) is 0 Å². The maximum atomic E-state index is 13.8. The van der Waals surface area contributed by atoms with Crippen LogP contribution in [0, 0.1) is 5.82 Å². The zero-order valence-electron chi connectivity index (χ0n) is 14.0. The minimum atomic E-state index is -0.297. The minimum Gasteiger partial charge on any atom is -0.258 e. The Balaban J connectivity index is 1.89. The van der Waals surface area contributed by atoms with Crippen LogP contribution in [0.2, 0.25) is 5.02 Å². The molecule has 5 rings (SSSR count). The van der Waals surface area contributed by atoms with E-state index >= 15 is 0 Å². The van der Waals surface area contributed by atoms with E-state index in [0.717, 1.165) is 27.7 Å². The van der Waals surface area contributed by atoms with Gasteiger partial charge in [0, 0.05) is 27.7 Å². The van der Waals surface area contributed by atoms with E-state index < -0.39 is 0 Å². The topological polar surface area (TPSA) is 43.1 Å². The van der Waals surface area contributed by atoms with Gasteiger partial charge < -0.3 is 0 Å². The Morgan fingerprint density at radius 2 is 1.67 bits per heavy atom. The van der Waals surface area contributed by atoms with Crippen molar-refractivity contribution >= 4 is 28.3 Å². The Labute approximate surface area is 158 Å². The van der Waals surface area contributed by atoms with Crippen molar-refractivity contribution in [1.82, 2.24) is 19.6 Å². The van der Waals surface area contributed by atoms with Crippen LogP contribution in [-0.4, -0.2) is 19.6 Å². The first-order valence-electron chi connectivity index (χ1n) is 8.35. The van der Waals surface area contributed by atoms with Gasteiger partial charge in [0.25, 0.3) is 0 Å². The van der Waals surface area contributed by atoms with E-state index in [4.69, 9.17) is 11.6 Å². The molecule has 0 saturated heterocycles. The molecular weight excluding hydrogens is 363 g/mol. The lowest BCUT2D eigenvalue weighted by Gasteiger charge is -2.09. The molecule has 27 heavy (non-hydrogen) atoms. The second-order valence-corrected chi connectivity index (χ2v) is 6.61. The summed E-state index contributed by atoms with van der Waals surface area (Å²) in [4.78, 5) is 4.52. The van der Waals surface area contributed by atoms with Crippen molar-refractivity contribution in [2.24, 2.45) is 0 Å². The molecule has 0 radical (unpaired) electrons. The van der Waals surface area contributed by atoms with Crippen molar-refractivity contribution in [2.45, 2.75) is 0 Å². The van der Waals surface area contributed by atoms with Crippen LogP contribution in [0.5, 0.6) is 0 Å². The first-order chi connectivity index (χ1) is 13.2. The molecule has 4 nitrogen and oxygen atoms in total. The Kier molecular flexibility index (Phi) is 3.62. The summed E-state index contributed by atoms with van der Waals surface area (Å²) in [5.74, 6) is 0.359. The van der Waals surface area contributed by atoms with Gasteiger partial charge in [-0.3, -0.25) is 4.40 Å². The SMILES string of the molecule is Fc1cccc(-c2cc3cccnc3n3c(-c4ccc(Cl)cc4)nnc23)c1. The number of rotatable bonds is 2. The van der Waals surface area contributed by atoms with Gasteiger partial charge in [-0.15, -0.1) is 10.2 Å². The number of pyridine rings is 2.